The molecule has 1 saturated heterocycles. The van der Waals surface area contributed by atoms with Crippen LogP contribution in [0.4, 0.5) is 0 Å². The lowest BCUT2D eigenvalue weighted by atomic mass is 10.0. The van der Waals surface area contributed by atoms with Crippen molar-refractivity contribution in [3.05, 3.63) is 30.0 Å². The smallest absolute Gasteiger partial charge is 0.253 e. The van der Waals surface area contributed by atoms with Gasteiger partial charge in [-0.15, -0.1) is 0 Å². The summed E-state index contributed by atoms with van der Waals surface area (Å²) in [6, 6.07) is 8.11. The maximum absolute atomic E-state index is 12.0. The maximum atomic E-state index is 12.0. The van der Waals surface area contributed by atoms with E-state index in [0.29, 0.717) is 13.2 Å². The van der Waals surface area contributed by atoms with Crippen LogP contribution in [-0.2, 0) is 16.1 Å². The van der Waals surface area contributed by atoms with Crippen molar-refractivity contribution in [1.29, 1.82) is 0 Å². The van der Waals surface area contributed by atoms with E-state index in [1.807, 2.05) is 25.1 Å². The Labute approximate surface area is 135 Å². The molecule has 1 aromatic heterocycles. The quantitative estimate of drug-likeness (QED) is 0.897. The van der Waals surface area contributed by atoms with Gasteiger partial charge in [0.05, 0.1) is 13.7 Å². The third kappa shape index (κ3) is 3.18. The molecule has 0 spiro atoms. The average molecular weight is 317 g/mol. The van der Waals surface area contributed by atoms with Crippen LogP contribution in [0.2, 0.25) is 0 Å². The summed E-state index contributed by atoms with van der Waals surface area (Å²) in [5.74, 6) is 0.769. The van der Waals surface area contributed by atoms with E-state index in [2.05, 4.69) is 21.3 Å². The largest absolute Gasteiger partial charge is 0.497 e. The molecule has 2 heterocycles. The van der Waals surface area contributed by atoms with Crippen LogP contribution in [0.1, 0.15) is 12.6 Å². The van der Waals surface area contributed by atoms with Gasteiger partial charge < -0.3 is 19.8 Å². The summed E-state index contributed by atoms with van der Waals surface area (Å²) in [5, 5.41) is 3.81. The summed E-state index contributed by atoms with van der Waals surface area (Å²) < 4.78 is 11.0. The number of fused-ring (bicyclic) bond motifs is 1. The summed E-state index contributed by atoms with van der Waals surface area (Å²) in [7, 11) is 3.31. The SMILES string of the molecule is CNC(=O)[C@]1(C)CN(Cc2cc3cc(OC)ccc3[nH]2)CCO1. The van der Waals surface area contributed by atoms with Gasteiger partial charge in [-0.3, -0.25) is 9.69 Å². The Morgan fingerprint density at radius 3 is 3.04 bits per heavy atom. The lowest BCUT2D eigenvalue weighted by Crippen LogP contribution is -2.57. The van der Waals surface area contributed by atoms with Crippen molar-refractivity contribution in [2.75, 3.05) is 33.9 Å². The Morgan fingerprint density at radius 1 is 1.48 bits per heavy atom. The fourth-order valence-electron chi connectivity index (χ4n) is 3.11. The van der Waals surface area contributed by atoms with Crippen molar-refractivity contribution in [2.45, 2.75) is 19.1 Å². The fraction of sp³-hybridized carbons (Fsp3) is 0.471. The van der Waals surface area contributed by atoms with E-state index >= 15 is 0 Å². The number of H-pyrrole nitrogens is 1. The van der Waals surface area contributed by atoms with E-state index in [0.717, 1.165) is 35.4 Å². The second kappa shape index (κ2) is 6.22. The minimum Gasteiger partial charge on any atom is -0.497 e. The van der Waals surface area contributed by atoms with E-state index in [1.165, 1.54) is 0 Å². The molecule has 1 aliphatic heterocycles. The summed E-state index contributed by atoms with van der Waals surface area (Å²) >= 11 is 0. The molecule has 0 saturated carbocycles. The fourth-order valence-corrected chi connectivity index (χ4v) is 3.11. The van der Waals surface area contributed by atoms with E-state index in [-0.39, 0.29) is 5.91 Å². The van der Waals surface area contributed by atoms with Gasteiger partial charge in [0.15, 0.2) is 5.60 Å². The predicted octanol–water partition coefficient (Wildman–Crippen LogP) is 1.51. The highest BCUT2D eigenvalue weighted by molar-refractivity contribution is 5.85. The molecular weight excluding hydrogens is 294 g/mol. The zero-order chi connectivity index (χ0) is 16.4. The van der Waals surface area contributed by atoms with Gasteiger partial charge in [-0.25, -0.2) is 0 Å². The first kappa shape index (κ1) is 15.8. The Hall–Kier alpha value is -2.05. The molecule has 0 aliphatic carbocycles. The van der Waals surface area contributed by atoms with Crippen molar-refractivity contribution >= 4 is 16.8 Å². The Balaban J connectivity index is 1.75. The van der Waals surface area contributed by atoms with Crippen LogP contribution in [0.25, 0.3) is 10.9 Å². The number of benzene rings is 1. The van der Waals surface area contributed by atoms with Gasteiger partial charge in [0, 0.05) is 43.3 Å². The molecule has 2 aromatic rings. The molecular formula is C17H23N3O3. The molecule has 6 heteroatoms. The normalized spacial score (nSPS) is 22.2. The number of nitrogens with zero attached hydrogens (tertiary/aromatic N) is 1. The highest BCUT2D eigenvalue weighted by Crippen LogP contribution is 2.24. The topological polar surface area (TPSA) is 66.6 Å². The molecule has 0 bridgehead atoms. The maximum Gasteiger partial charge on any atom is 0.253 e. The number of likely N-dealkylation sites (N-methyl/N-ethyl adjacent to an activating group) is 1. The number of amides is 1. The number of carbonyl (C=O) groups is 1. The summed E-state index contributed by atoms with van der Waals surface area (Å²) in [4.78, 5) is 17.7. The molecule has 2 N–H and O–H groups in total. The van der Waals surface area contributed by atoms with Crippen LogP contribution in [-0.4, -0.2) is 55.2 Å². The molecule has 3 rings (SSSR count). The Morgan fingerprint density at radius 2 is 2.30 bits per heavy atom. The lowest BCUT2D eigenvalue weighted by Gasteiger charge is -2.38. The van der Waals surface area contributed by atoms with Gasteiger partial charge in [-0.1, -0.05) is 0 Å². The Kier molecular flexibility index (Phi) is 4.28. The number of rotatable bonds is 4. The van der Waals surface area contributed by atoms with Crippen molar-refractivity contribution in [2.24, 2.45) is 0 Å². The number of hydrogen-bond acceptors (Lipinski definition) is 4. The van der Waals surface area contributed by atoms with Crippen LogP contribution in [0.3, 0.4) is 0 Å². The van der Waals surface area contributed by atoms with E-state index in [4.69, 9.17) is 9.47 Å². The molecule has 124 valence electrons. The zero-order valence-corrected chi connectivity index (χ0v) is 13.8. The highest BCUT2D eigenvalue weighted by Gasteiger charge is 2.38. The molecule has 0 unspecified atom stereocenters. The molecule has 23 heavy (non-hydrogen) atoms. The number of aromatic nitrogens is 1. The molecule has 0 radical (unpaired) electrons. The first-order chi connectivity index (χ1) is 11.0. The average Bonchev–Trinajstić information content (AvgIpc) is 2.95. The number of hydrogen-bond donors (Lipinski definition) is 2. The third-order valence-corrected chi connectivity index (χ3v) is 4.34. The first-order valence-corrected chi connectivity index (χ1v) is 7.78. The van der Waals surface area contributed by atoms with Crippen LogP contribution >= 0.6 is 0 Å². The lowest BCUT2D eigenvalue weighted by molar-refractivity contribution is -0.156. The van der Waals surface area contributed by atoms with Crippen LogP contribution in [0, 0.1) is 0 Å². The standard InChI is InChI=1S/C17H23N3O3/c1-17(16(21)18-2)11-20(6-7-23-17)10-13-8-12-9-14(22-3)4-5-15(12)19-13/h4-5,8-9,19H,6-7,10-11H2,1-3H3,(H,18,21)/t17-/m0/s1. The second-order valence-electron chi connectivity index (χ2n) is 6.12. The molecule has 1 fully saturated rings. The monoisotopic (exact) mass is 317 g/mol. The van der Waals surface area contributed by atoms with Crippen molar-refractivity contribution < 1.29 is 14.3 Å². The van der Waals surface area contributed by atoms with E-state index < -0.39 is 5.60 Å². The van der Waals surface area contributed by atoms with Crippen LogP contribution in [0.5, 0.6) is 5.75 Å². The molecule has 1 atom stereocenters. The summed E-state index contributed by atoms with van der Waals surface area (Å²) in [6.07, 6.45) is 0. The van der Waals surface area contributed by atoms with Crippen molar-refractivity contribution in [3.8, 4) is 5.75 Å². The molecule has 1 amide bonds. The van der Waals surface area contributed by atoms with Crippen molar-refractivity contribution in [3.63, 3.8) is 0 Å². The zero-order valence-electron chi connectivity index (χ0n) is 13.8. The molecule has 6 nitrogen and oxygen atoms in total. The molecule has 1 aromatic carbocycles. The number of aromatic amines is 1. The predicted molar refractivity (Wildman–Crippen MR) is 88.6 cm³/mol. The summed E-state index contributed by atoms with van der Waals surface area (Å²) in [6.45, 7) is 4.54. The first-order valence-electron chi connectivity index (χ1n) is 7.78. The number of methoxy groups -OCH3 is 1. The molecule has 1 aliphatic rings. The summed E-state index contributed by atoms with van der Waals surface area (Å²) in [5.41, 5.74) is 1.42. The number of nitrogens with one attached hydrogen (secondary N) is 2. The van der Waals surface area contributed by atoms with Gasteiger partial charge in [-0.2, -0.15) is 0 Å². The van der Waals surface area contributed by atoms with Gasteiger partial charge in [0.2, 0.25) is 0 Å². The number of morpholine rings is 1. The second-order valence-corrected chi connectivity index (χ2v) is 6.12. The van der Waals surface area contributed by atoms with E-state index in [1.54, 1.807) is 14.2 Å². The van der Waals surface area contributed by atoms with Gasteiger partial charge in [-0.05, 0) is 31.2 Å². The highest BCUT2D eigenvalue weighted by atomic mass is 16.5. The van der Waals surface area contributed by atoms with E-state index in [9.17, 15) is 4.79 Å². The van der Waals surface area contributed by atoms with Gasteiger partial charge in [0.25, 0.3) is 5.91 Å². The van der Waals surface area contributed by atoms with Crippen LogP contribution < -0.4 is 10.1 Å². The minimum absolute atomic E-state index is 0.0800. The minimum atomic E-state index is -0.789. The van der Waals surface area contributed by atoms with Crippen LogP contribution in [0.15, 0.2) is 24.3 Å². The van der Waals surface area contributed by atoms with Gasteiger partial charge in [0.1, 0.15) is 5.75 Å². The third-order valence-electron chi connectivity index (χ3n) is 4.34. The number of ether oxygens (including phenoxy) is 2. The Bertz CT molecular complexity index is 712. The van der Waals surface area contributed by atoms with Crippen molar-refractivity contribution in [1.82, 2.24) is 15.2 Å². The van der Waals surface area contributed by atoms with Gasteiger partial charge >= 0.3 is 0 Å². The number of carbonyl (C=O) groups excluding carboxylic acids is 1.